The predicted octanol–water partition coefficient (Wildman–Crippen LogP) is 0.563. The van der Waals surface area contributed by atoms with Gasteiger partial charge in [-0.25, -0.2) is 0 Å². The lowest BCUT2D eigenvalue weighted by Crippen LogP contribution is -2.27. The van der Waals surface area contributed by atoms with Gasteiger partial charge in [0.15, 0.2) is 0 Å². The van der Waals surface area contributed by atoms with Crippen molar-refractivity contribution in [2.45, 2.75) is 12.6 Å². The Balaban J connectivity index is 2.99. The Hall–Kier alpha value is -1.86. The molecule has 0 bridgehead atoms. The topological polar surface area (TPSA) is 111 Å². The Morgan fingerprint density at radius 1 is 1.50 bits per heavy atom. The van der Waals surface area contributed by atoms with Gasteiger partial charge in [-0.2, -0.15) is 0 Å². The third kappa shape index (κ3) is 1.13. The van der Waals surface area contributed by atoms with Gasteiger partial charge >= 0.3 is 11.5 Å². The summed E-state index contributed by atoms with van der Waals surface area (Å²) in [5.41, 5.74) is -1.78. The van der Waals surface area contributed by atoms with Gasteiger partial charge in [-0.15, -0.1) is 0 Å². The van der Waals surface area contributed by atoms with Gasteiger partial charge in [-0.05, 0) is 4.92 Å². The zero-order chi connectivity index (χ0) is 9.35. The highest BCUT2D eigenvalue weighted by atomic mass is 16.6. The molecular formula is C4H4N4O4. The molecule has 0 aromatic rings. The molecule has 0 fully saturated rings. The highest BCUT2D eigenvalue weighted by Gasteiger charge is 2.45. The van der Waals surface area contributed by atoms with Crippen LogP contribution in [-0.2, 0) is 0 Å². The third-order valence-electron chi connectivity index (χ3n) is 1.31. The Morgan fingerprint density at radius 2 is 2.08 bits per heavy atom. The second kappa shape index (κ2) is 2.32. The van der Waals surface area contributed by atoms with Crippen molar-refractivity contribution >= 4 is 0 Å². The molecule has 12 heavy (non-hydrogen) atoms. The molecule has 64 valence electrons. The SMILES string of the molecule is CC1([N+](=O)[O-])C=C([N+](=O)[O-])N=N1. The van der Waals surface area contributed by atoms with Crippen molar-refractivity contribution in [1.82, 2.24) is 0 Å². The van der Waals surface area contributed by atoms with E-state index in [1.54, 1.807) is 0 Å². The number of rotatable bonds is 2. The number of azo groups is 1. The average molecular weight is 172 g/mol. The van der Waals surface area contributed by atoms with E-state index in [1.807, 2.05) is 0 Å². The smallest absolute Gasteiger partial charge is 0.358 e. The number of hydrogen-bond acceptors (Lipinski definition) is 6. The van der Waals surface area contributed by atoms with Crippen LogP contribution in [0.1, 0.15) is 6.92 Å². The van der Waals surface area contributed by atoms with Gasteiger partial charge < -0.3 is 10.1 Å². The molecule has 1 aliphatic rings. The Bertz CT molecular complexity index is 308. The summed E-state index contributed by atoms with van der Waals surface area (Å²) < 4.78 is 0. The molecule has 0 saturated carbocycles. The molecule has 0 spiro atoms. The van der Waals surface area contributed by atoms with Gasteiger partial charge in [-0.1, -0.05) is 0 Å². The first-order valence-electron chi connectivity index (χ1n) is 2.90. The van der Waals surface area contributed by atoms with E-state index in [1.165, 1.54) is 0 Å². The minimum absolute atomic E-state index is 0.589. The van der Waals surface area contributed by atoms with E-state index in [2.05, 4.69) is 10.2 Å². The molecule has 0 aromatic heterocycles. The first-order chi connectivity index (χ1) is 5.46. The van der Waals surface area contributed by atoms with Crippen LogP contribution in [0.25, 0.3) is 0 Å². The van der Waals surface area contributed by atoms with Crippen molar-refractivity contribution in [2.75, 3.05) is 0 Å². The molecule has 8 heteroatoms. The van der Waals surface area contributed by atoms with Gasteiger partial charge in [0.1, 0.15) is 6.08 Å². The van der Waals surface area contributed by atoms with Crippen LogP contribution in [0.15, 0.2) is 22.1 Å². The molecule has 0 amide bonds. The van der Waals surface area contributed by atoms with Crippen molar-refractivity contribution in [1.29, 1.82) is 0 Å². The number of nitrogens with zero attached hydrogens (tertiary/aromatic N) is 4. The van der Waals surface area contributed by atoms with Crippen molar-refractivity contribution in [3.8, 4) is 0 Å². The van der Waals surface area contributed by atoms with Gasteiger partial charge in [0.05, 0.1) is 10.0 Å². The summed E-state index contributed by atoms with van der Waals surface area (Å²) in [7, 11) is 0. The summed E-state index contributed by atoms with van der Waals surface area (Å²) in [6.07, 6.45) is 0.799. The highest BCUT2D eigenvalue weighted by molar-refractivity contribution is 5.05. The molecule has 0 radical (unpaired) electrons. The molecule has 1 atom stereocenters. The summed E-state index contributed by atoms with van der Waals surface area (Å²) in [5.74, 6) is -0.589. The standard InChI is InChI=1S/C4H4N4O4/c1-4(8(11)12)2-3(5-6-4)7(9)10/h2H,1H3. The van der Waals surface area contributed by atoms with Crippen LogP contribution in [-0.4, -0.2) is 15.5 Å². The Morgan fingerprint density at radius 3 is 2.33 bits per heavy atom. The fourth-order valence-corrected chi connectivity index (χ4v) is 0.633. The van der Waals surface area contributed by atoms with Crippen molar-refractivity contribution in [3.05, 3.63) is 32.1 Å². The van der Waals surface area contributed by atoms with Crippen LogP contribution < -0.4 is 0 Å². The fourth-order valence-electron chi connectivity index (χ4n) is 0.633. The summed E-state index contributed by atoms with van der Waals surface area (Å²) in [5, 5.41) is 26.6. The Kier molecular flexibility index (Phi) is 1.60. The van der Waals surface area contributed by atoms with E-state index in [0.29, 0.717) is 0 Å². The lowest BCUT2D eigenvalue weighted by atomic mass is 10.2. The molecule has 1 aliphatic heterocycles. The molecule has 0 aliphatic carbocycles. The molecule has 0 N–H and O–H groups in total. The molecule has 1 rings (SSSR count). The largest absolute Gasteiger partial charge is 0.395 e. The zero-order valence-corrected chi connectivity index (χ0v) is 6.00. The van der Waals surface area contributed by atoms with Crippen molar-refractivity contribution in [2.24, 2.45) is 10.2 Å². The molecule has 1 heterocycles. The monoisotopic (exact) mass is 172 g/mol. The van der Waals surface area contributed by atoms with Crippen LogP contribution >= 0.6 is 0 Å². The van der Waals surface area contributed by atoms with Crippen LogP contribution in [0.3, 0.4) is 0 Å². The predicted molar refractivity (Wildman–Crippen MR) is 35.3 cm³/mol. The maximum Gasteiger partial charge on any atom is 0.395 e. The van der Waals surface area contributed by atoms with Crippen LogP contribution in [0.4, 0.5) is 0 Å². The second-order valence-corrected chi connectivity index (χ2v) is 2.31. The van der Waals surface area contributed by atoms with Gasteiger partial charge in [0.25, 0.3) is 0 Å². The van der Waals surface area contributed by atoms with Crippen LogP contribution in [0.2, 0.25) is 0 Å². The normalized spacial score (nSPS) is 26.9. The third-order valence-corrected chi connectivity index (χ3v) is 1.31. The second-order valence-electron chi connectivity index (χ2n) is 2.31. The first-order valence-corrected chi connectivity index (χ1v) is 2.90. The van der Waals surface area contributed by atoms with E-state index >= 15 is 0 Å². The minimum atomic E-state index is -1.78. The van der Waals surface area contributed by atoms with Crippen molar-refractivity contribution in [3.63, 3.8) is 0 Å². The molecule has 0 saturated heterocycles. The van der Waals surface area contributed by atoms with E-state index in [0.717, 1.165) is 13.0 Å². The number of hydrogen-bond donors (Lipinski definition) is 0. The molecule has 8 nitrogen and oxygen atoms in total. The maximum absolute atomic E-state index is 10.3. The van der Waals surface area contributed by atoms with Crippen LogP contribution in [0.5, 0.6) is 0 Å². The number of nitro groups is 2. The minimum Gasteiger partial charge on any atom is -0.358 e. The lowest BCUT2D eigenvalue weighted by molar-refractivity contribution is -0.548. The van der Waals surface area contributed by atoms with Gasteiger partial charge in [0.2, 0.25) is 0 Å². The Labute approximate surface area is 65.9 Å². The zero-order valence-electron chi connectivity index (χ0n) is 6.00. The summed E-state index contributed by atoms with van der Waals surface area (Å²) in [6, 6.07) is 0. The molecule has 0 aromatic carbocycles. The summed E-state index contributed by atoms with van der Waals surface area (Å²) >= 11 is 0. The van der Waals surface area contributed by atoms with E-state index in [-0.39, 0.29) is 0 Å². The molecular weight excluding hydrogens is 168 g/mol. The summed E-state index contributed by atoms with van der Waals surface area (Å²) in [6.45, 7) is 1.13. The van der Waals surface area contributed by atoms with E-state index < -0.39 is 21.3 Å². The fraction of sp³-hybridized carbons (Fsp3) is 0.500. The first kappa shape index (κ1) is 8.24. The average Bonchev–Trinajstić information content (AvgIpc) is 2.33. The molecule has 1 unspecified atom stereocenters. The maximum atomic E-state index is 10.3. The van der Waals surface area contributed by atoms with Gasteiger partial charge in [0, 0.05) is 12.0 Å². The van der Waals surface area contributed by atoms with Gasteiger partial charge in [-0.3, -0.25) is 10.1 Å². The quantitative estimate of drug-likeness (QED) is 0.447. The van der Waals surface area contributed by atoms with E-state index in [4.69, 9.17) is 0 Å². The van der Waals surface area contributed by atoms with E-state index in [9.17, 15) is 20.2 Å². The highest BCUT2D eigenvalue weighted by Crippen LogP contribution is 2.23. The van der Waals surface area contributed by atoms with Crippen LogP contribution in [0, 0.1) is 20.2 Å². The summed E-state index contributed by atoms with van der Waals surface area (Å²) in [4.78, 5) is 18.8. The van der Waals surface area contributed by atoms with Crippen molar-refractivity contribution < 1.29 is 9.85 Å². The lowest BCUT2D eigenvalue weighted by Gasteiger charge is -2.00.